The number of benzene rings is 4. The standard InChI is InChI=1S/C26H19ClF2O4S/c1-15-18(13-24(30)33-2)12-17-6-9-19(27)14-21(17)25(15)16-7-10-20(11-8-16)34(31,32)26-22(28)4-3-5-23(26)29/h3-12,14H,13H2,1-2H3. The van der Waals surface area contributed by atoms with Crippen LogP contribution >= 0.6 is 11.6 Å². The molecule has 0 atom stereocenters. The van der Waals surface area contributed by atoms with Crippen molar-refractivity contribution >= 4 is 38.2 Å². The van der Waals surface area contributed by atoms with Gasteiger partial charge in [-0.15, -0.1) is 0 Å². The number of rotatable bonds is 5. The molecule has 34 heavy (non-hydrogen) atoms. The molecule has 0 aliphatic carbocycles. The maximum Gasteiger partial charge on any atom is 0.309 e. The third-order valence-corrected chi connectivity index (χ3v) is 7.73. The average Bonchev–Trinajstić information content (AvgIpc) is 2.79. The van der Waals surface area contributed by atoms with Crippen LogP contribution in [0.2, 0.25) is 5.02 Å². The van der Waals surface area contributed by atoms with E-state index in [4.69, 9.17) is 16.3 Å². The number of carbonyl (C=O) groups is 1. The van der Waals surface area contributed by atoms with Crippen molar-refractivity contribution in [1.82, 2.24) is 0 Å². The Bertz CT molecular complexity index is 1510. The average molecular weight is 501 g/mol. The summed E-state index contributed by atoms with van der Waals surface area (Å²) in [5.41, 5.74) is 2.97. The molecular formula is C26H19ClF2O4S. The van der Waals surface area contributed by atoms with Gasteiger partial charge in [-0.1, -0.05) is 41.9 Å². The van der Waals surface area contributed by atoms with Crippen molar-refractivity contribution in [2.45, 2.75) is 23.1 Å². The van der Waals surface area contributed by atoms with Crippen molar-refractivity contribution < 1.29 is 26.7 Å². The topological polar surface area (TPSA) is 60.4 Å². The smallest absolute Gasteiger partial charge is 0.309 e. The van der Waals surface area contributed by atoms with Crippen LogP contribution in [0.5, 0.6) is 0 Å². The first-order valence-electron chi connectivity index (χ1n) is 10.2. The molecule has 0 radical (unpaired) electrons. The lowest BCUT2D eigenvalue weighted by atomic mass is 9.89. The minimum Gasteiger partial charge on any atom is -0.469 e. The highest BCUT2D eigenvalue weighted by molar-refractivity contribution is 7.91. The highest BCUT2D eigenvalue weighted by Crippen LogP contribution is 2.37. The predicted molar refractivity (Wildman–Crippen MR) is 127 cm³/mol. The van der Waals surface area contributed by atoms with Crippen LogP contribution in [0.15, 0.2) is 76.5 Å². The SMILES string of the molecule is COC(=O)Cc1cc2ccc(Cl)cc2c(-c2ccc(S(=O)(=O)c3c(F)cccc3F)cc2)c1C. The number of methoxy groups -OCH3 is 1. The lowest BCUT2D eigenvalue weighted by Gasteiger charge is -2.16. The Kier molecular flexibility index (Phi) is 6.43. The number of hydrogen-bond acceptors (Lipinski definition) is 4. The third kappa shape index (κ3) is 4.29. The van der Waals surface area contributed by atoms with Crippen molar-refractivity contribution in [2.24, 2.45) is 0 Å². The van der Waals surface area contributed by atoms with Gasteiger partial charge in [0.15, 0.2) is 0 Å². The van der Waals surface area contributed by atoms with Gasteiger partial charge in [0.2, 0.25) is 9.84 Å². The number of esters is 1. The number of hydrogen-bond donors (Lipinski definition) is 0. The highest BCUT2D eigenvalue weighted by atomic mass is 35.5. The minimum atomic E-state index is -4.42. The van der Waals surface area contributed by atoms with E-state index in [1.165, 1.54) is 19.2 Å². The molecule has 0 amide bonds. The summed E-state index contributed by atoms with van der Waals surface area (Å²) in [6, 6.07) is 15.9. The van der Waals surface area contributed by atoms with E-state index in [9.17, 15) is 22.0 Å². The maximum absolute atomic E-state index is 14.1. The molecule has 0 heterocycles. The van der Waals surface area contributed by atoms with Gasteiger partial charge in [0, 0.05) is 5.02 Å². The predicted octanol–water partition coefficient (Wildman–Crippen LogP) is 6.30. The second kappa shape index (κ2) is 9.16. The molecule has 0 aliphatic heterocycles. The summed E-state index contributed by atoms with van der Waals surface area (Å²) < 4.78 is 58.9. The van der Waals surface area contributed by atoms with Crippen molar-refractivity contribution in [2.75, 3.05) is 7.11 Å². The van der Waals surface area contributed by atoms with Crippen molar-refractivity contribution in [3.63, 3.8) is 0 Å². The Labute approximate surface area is 200 Å². The fourth-order valence-corrected chi connectivity index (χ4v) is 5.52. The van der Waals surface area contributed by atoms with Crippen LogP contribution in [0.3, 0.4) is 0 Å². The van der Waals surface area contributed by atoms with E-state index >= 15 is 0 Å². The Morgan fingerprint density at radius 2 is 1.62 bits per heavy atom. The molecule has 0 spiro atoms. The van der Waals surface area contributed by atoms with Crippen LogP contribution < -0.4 is 0 Å². The van der Waals surface area contributed by atoms with E-state index in [-0.39, 0.29) is 11.3 Å². The van der Waals surface area contributed by atoms with Gasteiger partial charge in [0.1, 0.15) is 16.5 Å². The van der Waals surface area contributed by atoms with Gasteiger partial charge in [0.05, 0.1) is 18.4 Å². The minimum absolute atomic E-state index is 0.0624. The van der Waals surface area contributed by atoms with Crippen LogP contribution in [0.25, 0.3) is 21.9 Å². The number of fused-ring (bicyclic) bond motifs is 1. The van der Waals surface area contributed by atoms with Gasteiger partial charge in [-0.2, -0.15) is 0 Å². The van der Waals surface area contributed by atoms with E-state index in [2.05, 4.69) is 0 Å². The first kappa shape index (κ1) is 23.9. The fraction of sp³-hybridized carbons (Fsp3) is 0.115. The molecule has 0 bridgehead atoms. The normalized spacial score (nSPS) is 11.6. The number of carbonyl (C=O) groups excluding carboxylic acids is 1. The first-order valence-corrected chi connectivity index (χ1v) is 12.1. The quantitative estimate of drug-likeness (QED) is 0.302. The molecule has 4 rings (SSSR count). The zero-order chi connectivity index (χ0) is 24.6. The third-order valence-electron chi connectivity index (χ3n) is 5.67. The summed E-state index contributed by atoms with van der Waals surface area (Å²) >= 11 is 6.24. The Morgan fingerprint density at radius 1 is 0.971 bits per heavy atom. The molecule has 0 N–H and O–H groups in total. The second-order valence-electron chi connectivity index (χ2n) is 7.73. The zero-order valence-electron chi connectivity index (χ0n) is 18.2. The lowest BCUT2D eigenvalue weighted by molar-refractivity contribution is -0.139. The zero-order valence-corrected chi connectivity index (χ0v) is 19.8. The molecule has 174 valence electrons. The molecule has 0 aromatic heterocycles. The van der Waals surface area contributed by atoms with Crippen molar-refractivity contribution in [3.05, 3.63) is 94.5 Å². The molecule has 0 aliphatic rings. The van der Waals surface area contributed by atoms with Gasteiger partial charge in [-0.3, -0.25) is 4.79 Å². The summed E-state index contributed by atoms with van der Waals surface area (Å²) in [4.78, 5) is 10.7. The molecule has 0 saturated carbocycles. The van der Waals surface area contributed by atoms with Gasteiger partial charge >= 0.3 is 5.97 Å². The number of sulfone groups is 1. The van der Waals surface area contributed by atoms with Crippen molar-refractivity contribution in [3.8, 4) is 11.1 Å². The lowest BCUT2D eigenvalue weighted by Crippen LogP contribution is -2.08. The summed E-state index contributed by atoms with van der Waals surface area (Å²) in [5, 5.41) is 2.17. The largest absolute Gasteiger partial charge is 0.469 e. The van der Waals surface area contributed by atoms with Crippen LogP contribution in [0.1, 0.15) is 11.1 Å². The van der Waals surface area contributed by atoms with E-state index < -0.39 is 32.3 Å². The molecule has 0 saturated heterocycles. The fourth-order valence-electron chi connectivity index (χ4n) is 3.97. The summed E-state index contributed by atoms with van der Waals surface area (Å²) in [6.07, 6.45) is 0.0624. The van der Waals surface area contributed by atoms with Crippen LogP contribution in [-0.4, -0.2) is 21.5 Å². The van der Waals surface area contributed by atoms with Gasteiger partial charge in [-0.25, -0.2) is 17.2 Å². The Morgan fingerprint density at radius 3 is 2.24 bits per heavy atom. The Balaban J connectivity index is 1.88. The van der Waals surface area contributed by atoms with Crippen molar-refractivity contribution in [1.29, 1.82) is 0 Å². The highest BCUT2D eigenvalue weighted by Gasteiger charge is 2.26. The number of ether oxygens (including phenoxy) is 1. The van der Waals surface area contributed by atoms with E-state index in [1.54, 1.807) is 24.3 Å². The molecule has 0 unspecified atom stereocenters. The molecule has 4 nitrogen and oxygen atoms in total. The van der Waals surface area contributed by atoms with Gasteiger partial charge < -0.3 is 4.74 Å². The summed E-state index contributed by atoms with van der Waals surface area (Å²) in [6.45, 7) is 1.85. The molecule has 4 aromatic carbocycles. The maximum atomic E-state index is 14.1. The molecular weight excluding hydrogens is 482 g/mol. The van der Waals surface area contributed by atoms with Crippen LogP contribution in [-0.2, 0) is 25.8 Å². The summed E-state index contributed by atoms with van der Waals surface area (Å²) in [7, 11) is -3.10. The Hall–Kier alpha value is -3.29. The monoisotopic (exact) mass is 500 g/mol. The van der Waals surface area contributed by atoms with Crippen LogP contribution in [0.4, 0.5) is 8.78 Å². The van der Waals surface area contributed by atoms with Crippen LogP contribution in [0, 0.1) is 18.6 Å². The van der Waals surface area contributed by atoms with Gasteiger partial charge in [-0.05, 0) is 76.3 Å². The second-order valence-corrected chi connectivity index (χ2v) is 10.1. The molecule has 0 fully saturated rings. The number of halogens is 3. The molecule has 4 aromatic rings. The summed E-state index contributed by atoms with van der Waals surface area (Å²) in [5.74, 6) is -2.71. The van der Waals surface area contributed by atoms with E-state index in [1.807, 2.05) is 19.1 Å². The molecule has 8 heteroatoms. The first-order chi connectivity index (χ1) is 16.1. The van der Waals surface area contributed by atoms with E-state index in [0.717, 1.165) is 45.7 Å². The van der Waals surface area contributed by atoms with E-state index in [0.29, 0.717) is 10.6 Å². The van der Waals surface area contributed by atoms with Gasteiger partial charge in [0.25, 0.3) is 0 Å².